The molecule has 1 aromatic heterocycles. The molecule has 3 aromatic carbocycles. The topological polar surface area (TPSA) is 65.5 Å². The molecule has 6 rings (SSSR count). The van der Waals surface area contributed by atoms with Gasteiger partial charge in [0.2, 0.25) is 5.91 Å². The standard InChI is InChI=1S/C43H50N4O2/c48-42(16-15-34-7-2-1-3-8-34)47(30-23-37-19-26-45-27-20-37)33-38-11-5-12-39(31-38)40-13-6-14-41(32-40)43(49)46-28-21-36(22-29-46)10-4-9-35-17-24-44-25-18-35/h1-3,5-8,11-16,19-20,26-27,31-32,35-36,44H,4,9-10,17-18,21-25,28-30,33H2. The molecule has 2 amide bonds. The zero-order valence-corrected chi connectivity index (χ0v) is 28.7. The first-order valence-electron chi connectivity index (χ1n) is 18.2. The van der Waals surface area contributed by atoms with Crippen molar-refractivity contribution in [2.24, 2.45) is 11.8 Å². The second-order valence-corrected chi connectivity index (χ2v) is 13.8. The van der Waals surface area contributed by atoms with Gasteiger partial charge in [-0.15, -0.1) is 0 Å². The molecule has 0 atom stereocenters. The van der Waals surface area contributed by atoms with Crippen molar-refractivity contribution < 1.29 is 9.59 Å². The molecule has 0 spiro atoms. The van der Waals surface area contributed by atoms with E-state index in [9.17, 15) is 9.59 Å². The van der Waals surface area contributed by atoms with E-state index in [1.165, 1.54) is 45.2 Å². The van der Waals surface area contributed by atoms with E-state index in [2.05, 4.69) is 34.6 Å². The van der Waals surface area contributed by atoms with E-state index < -0.39 is 0 Å². The number of hydrogen-bond donors (Lipinski definition) is 1. The van der Waals surface area contributed by atoms with Gasteiger partial charge >= 0.3 is 0 Å². The van der Waals surface area contributed by atoms with Crippen LogP contribution in [0.2, 0.25) is 0 Å². The van der Waals surface area contributed by atoms with Gasteiger partial charge in [0.05, 0.1) is 0 Å². The summed E-state index contributed by atoms with van der Waals surface area (Å²) < 4.78 is 0. The normalized spacial score (nSPS) is 15.8. The number of piperidine rings is 2. The quantitative estimate of drug-likeness (QED) is 0.148. The van der Waals surface area contributed by atoms with Crippen molar-refractivity contribution in [2.75, 3.05) is 32.7 Å². The zero-order valence-electron chi connectivity index (χ0n) is 28.7. The highest BCUT2D eigenvalue weighted by Gasteiger charge is 2.24. The molecule has 2 aliphatic heterocycles. The van der Waals surface area contributed by atoms with Crippen LogP contribution in [0.25, 0.3) is 17.2 Å². The lowest BCUT2D eigenvalue weighted by Gasteiger charge is -2.32. The van der Waals surface area contributed by atoms with Crippen molar-refractivity contribution in [3.63, 3.8) is 0 Å². The van der Waals surface area contributed by atoms with Crippen molar-refractivity contribution in [1.29, 1.82) is 0 Å². The average molecular weight is 655 g/mol. The molecule has 0 saturated carbocycles. The van der Waals surface area contributed by atoms with Gasteiger partial charge in [0.25, 0.3) is 5.91 Å². The molecule has 0 radical (unpaired) electrons. The highest BCUT2D eigenvalue weighted by atomic mass is 16.2. The van der Waals surface area contributed by atoms with Crippen molar-refractivity contribution in [3.8, 4) is 11.1 Å². The number of aromatic nitrogens is 1. The highest BCUT2D eigenvalue weighted by Crippen LogP contribution is 2.28. The summed E-state index contributed by atoms with van der Waals surface area (Å²) in [6.45, 7) is 5.13. The Bertz CT molecular complexity index is 1660. The van der Waals surface area contributed by atoms with E-state index in [1.54, 1.807) is 18.5 Å². The first-order chi connectivity index (χ1) is 24.1. The van der Waals surface area contributed by atoms with Crippen LogP contribution in [0, 0.1) is 11.8 Å². The minimum Gasteiger partial charge on any atom is -0.339 e. The molecule has 6 nitrogen and oxygen atoms in total. The second-order valence-electron chi connectivity index (χ2n) is 13.8. The maximum Gasteiger partial charge on any atom is 0.253 e. The van der Waals surface area contributed by atoms with Crippen LogP contribution in [0.4, 0.5) is 0 Å². The molecule has 0 unspecified atom stereocenters. The van der Waals surface area contributed by atoms with Crippen LogP contribution in [0.15, 0.2) is 109 Å². The molecule has 4 aromatic rings. The summed E-state index contributed by atoms with van der Waals surface area (Å²) in [5.41, 5.74) is 5.99. The predicted octanol–water partition coefficient (Wildman–Crippen LogP) is 8.06. The van der Waals surface area contributed by atoms with Gasteiger partial charge in [-0.05, 0) is 121 Å². The molecule has 254 valence electrons. The predicted molar refractivity (Wildman–Crippen MR) is 199 cm³/mol. The summed E-state index contributed by atoms with van der Waals surface area (Å²) >= 11 is 0. The molecule has 2 fully saturated rings. The van der Waals surface area contributed by atoms with Crippen LogP contribution in [0.1, 0.15) is 72.0 Å². The van der Waals surface area contributed by atoms with Crippen LogP contribution < -0.4 is 5.32 Å². The monoisotopic (exact) mass is 654 g/mol. The van der Waals surface area contributed by atoms with Crippen LogP contribution >= 0.6 is 0 Å². The smallest absolute Gasteiger partial charge is 0.253 e. The zero-order chi connectivity index (χ0) is 33.7. The van der Waals surface area contributed by atoms with Gasteiger partial charge in [0.15, 0.2) is 0 Å². The van der Waals surface area contributed by atoms with Gasteiger partial charge in [-0.3, -0.25) is 14.6 Å². The van der Waals surface area contributed by atoms with Crippen LogP contribution in [-0.2, 0) is 17.8 Å². The molecular weight excluding hydrogens is 604 g/mol. The number of pyridine rings is 1. The first kappa shape index (κ1) is 34.3. The van der Waals surface area contributed by atoms with Gasteiger partial charge in [-0.2, -0.15) is 0 Å². The third kappa shape index (κ3) is 10.2. The Labute approximate surface area is 292 Å². The third-order valence-corrected chi connectivity index (χ3v) is 10.3. The fourth-order valence-corrected chi connectivity index (χ4v) is 7.29. The van der Waals surface area contributed by atoms with Crippen molar-refractivity contribution in [3.05, 3.63) is 132 Å². The minimum atomic E-state index is -0.0264. The first-order valence-corrected chi connectivity index (χ1v) is 18.2. The third-order valence-electron chi connectivity index (χ3n) is 10.3. The summed E-state index contributed by atoms with van der Waals surface area (Å²) in [5, 5.41) is 3.47. The number of rotatable bonds is 13. The van der Waals surface area contributed by atoms with E-state index in [0.717, 1.165) is 77.6 Å². The van der Waals surface area contributed by atoms with E-state index in [0.29, 0.717) is 13.1 Å². The molecule has 1 N–H and O–H groups in total. The number of benzene rings is 3. The Kier molecular flexibility index (Phi) is 12.4. The van der Waals surface area contributed by atoms with E-state index in [-0.39, 0.29) is 11.8 Å². The lowest BCUT2D eigenvalue weighted by atomic mass is 9.87. The highest BCUT2D eigenvalue weighted by molar-refractivity contribution is 5.95. The largest absolute Gasteiger partial charge is 0.339 e. The lowest BCUT2D eigenvalue weighted by molar-refractivity contribution is -0.126. The molecule has 3 heterocycles. The van der Waals surface area contributed by atoms with Crippen LogP contribution in [0.3, 0.4) is 0 Å². The van der Waals surface area contributed by atoms with Gasteiger partial charge in [-0.1, -0.05) is 79.9 Å². The summed E-state index contributed by atoms with van der Waals surface area (Å²) in [7, 11) is 0. The van der Waals surface area contributed by atoms with Crippen LogP contribution in [-0.4, -0.2) is 59.3 Å². The Hall–Kier alpha value is -4.55. The molecule has 0 aliphatic carbocycles. The minimum absolute atomic E-state index is 0.0264. The molecule has 2 aliphatic rings. The molecule has 2 saturated heterocycles. The van der Waals surface area contributed by atoms with E-state index >= 15 is 0 Å². The Morgan fingerprint density at radius 2 is 1.47 bits per heavy atom. The van der Waals surface area contributed by atoms with Gasteiger partial charge in [0.1, 0.15) is 0 Å². The Morgan fingerprint density at radius 1 is 0.776 bits per heavy atom. The number of nitrogens with one attached hydrogen (secondary N) is 1. The molecule has 49 heavy (non-hydrogen) atoms. The fourth-order valence-electron chi connectivity index (χ4n) is 7.29. The Balaban J connectivity index is 1.07. The maximum atomic E-state index is 13.6. The number of likely N-dealkylation sites (tertiary alicyclic amines) is 1. The summed E-state index contributed by atoms with van der Waals surface area (Å²) in [6, 6.07) is 30.3. The molecule has 0 bridgehead atoms. The van der Waals surface area contributed by atoms with Gasteiger partial charge in [0, 0.05) is 50.2 Å². The van der Waals surface area contributed by atoms with Crippen LogP contribution in [0.5, 0.6) is 0 Å². The van der Waals surface area contributed by atoms with Crippen molar-refractivity contribution in [2.45, 2.75) is 57.9 Å². The summed E-state index contributed by atoms with van der Waals surface area (Å²) in [4.78, 5) is 35.2. The second kappa shape index (κ2) is 17.7. The molecule has 6 heteroatoms. The van der Waals surface area contributed by atoms with Crippen molar-refractivity contribution in [1.82, 2.24) is 20.1 Å². The van der Waals surface area contributed by atoms with E-state index in [4.69, 9.17) is 0 Å². The van der Waals surface area contributed by atoms with Crippen molar-refractivity contribution >= 4 is 17.9 Å². The Morgan fingerprint density at radius 3 is 2.22 bits per heavy atom. The summed E-state index contributed by atoms with van der Waals surface area (Å²) in [5.74, 6) is 1.74. The number of amides is 2. The van der Waals surface area contributed by atoms with E-state index in [1.807, 2.05) is 82.6 Å². The number of carbonyl (C=O) groups excluding carboxylic acids is 2. The lowest BCUT2D eigenvalue weighted by Crippen LogP contribution is -2.38. The average Bonchev–Trinajstić information content (AvgIpc) is 3.17. The fraction of sp³-hybridized carbons (Fsp3) is 0.372. The number of carbonyl (C=O) groups is 2. The number of hydrogen-bond acceptors (Lipinski definition) is 4. The van der Waals surface area contributed by atoms with Gasteiger partial charge in [-0.25, -0.2) is 0 Å². The van der Waals surface area contributed by atoms with Gasteiger partial charge < -0.3 is 15.1 Å². The summed E-state index contributed by atoms with van der Waals surface area (Å²) in [6.07, 6.45) is 16.7. The SMILES string of the molecule is O=C(C=Cc1ccccc1)N(CCc1ccncc1)Cc1cccc(-c2cccc(C(=O)N3CCC(CCCC4CCNCC4)CC3)c2)c1. The molecular formula is C43H50N4O2. The maximum absolute atomic E-state index is 13.6. The number of nitrogens with zero attached hydrogens (tertiary/aromatic N) is 3.